The molecule has 1 atom stereocenters. The van der Waals surface area contributed by atoms with E-state index in [1.54, 1.807) is 0 Å². The van der Waals surface area contributed by atoms with Gasteiger partial charge in [-0.05, 0) is 31.0 Å². The maximum absolute atomic E-state index is 12.5. The molecule has 1 nitrogen and oxygen atoms in total. The van der Waals surface area contributed by atoms with E-state index in [9.17, 15) is 13.2 Å². The average Bonchev–Trinajstić information content (AvgIpc) is 2.27. The highest BCUT2D eigenvalue weighted by atomic mass is 79.9. The van der Waals surface area contributed by atoms with Crippen molar-refractivity contribution in [3.05, 3.63) is 34.3 Å². The SMILES string of the molecule is CCCNC(Cc1ccccc1Br)CC(F)(F)F. The Kier molecular flexibility index (Phi) is 6.15. The molecule has 0 spiro atoms. The van der Waals surface area contributed by atoms with Gasteiger partial charge in [0.1, 0.15) is 0 Å². The minimum Gasteiger partial charge on any atom is -0.313 e. The molecule has 102 valence electrons. The van der Waals surface area contributed by atoms with Crippen molar-refractivity contribution >= 4 is 15.9 Å². The van der Waals surface area contributed by atoms with Gasteiger partial charge in [-0.2, -0.15) is 13.2 Å². The molecule has 0 radical (unpaired) electrons. The standard InChI is InChI=1S/C13H17BrF3N/c1-2-7-18-11(9-13(15,16)17)8-10-5-3-4-6-12(10)14/h3-6,11,18H,2,7-9H2,1H3. The summed E-state index contributed by atoms with van der Waals surface area (Å²) >= 11 is 3.36. The van der Waals surface area contributed by atoms with Gasteiger partial charge in [-0.15, -0.1) is 0 Å². The van der Waals surface area contributed by atoms with Crippen molar-refractivity contribution in [2.24, 2.45) is 0 Å². The molecular weight excluding hydrogens is 307 g/mol. The lowest BCUT2D eigenvalue weighted by molar-refractivity contribution is -0.139. The molecule has 0 aromatic heterocycles. The molecule has 0 aliphatic heterocycles. The van der Waals surface area contributed by atoms with Crippen LogP contribution in [0.5, 0.6) is 0 Å². The molecule has 1 aromatic rings. The molecule has 1 rings (SSSR count). The van der Waals surface area contributed by atoms with Gasteiger partial charge in [-0.25, -0.2) is 0 Å². The lowest BCUT2D eigenvalue weighted by Crippen LogP contribution is -2.36. The van der Waals surface area contributed by atoms with Gasteiger partial charge in [-0.3, -0.25) is 0 Å². The van der Waals surface area contributed by atoms with Crippen LogP contribution in [0.4, 0.5) is 13.2 Å². The van der Waals surface area contributed by atoms with Crippen LogP contribution in [0, 0.1) is 0 Å². The number of hydrogen-bond acceptors (Lipinski definition) is 1. The first-order valence-electron chi connectivity index (χ1n) is 5.96. The van der Waals surface area contributed by atoms with E-state index in [0.29, 0.717) is 13.0 Å². The quantitative estimate of drug-likeness (QED) is 0.822. The molecule has 0 aliphatic rings. The summed E-state index contributed by atoms with van der Waals surface area (Å²) in [5.74, 6) is 0. The van der Waals surface area contributed by atoms with Crippen LogP contribution in [0.25, 0.3) is 0 Å². The lowest BCUT2D eigenvalue weighted by Gasteiger charge is -2.20. The maximum Gasteiger partial charge on any atom is 0.390 e. The summed E-state index contributed by atoms with van der Waals surface area (Å²) in [6.07, 6.45) is -3.73. The third kappa shape index (κ3) is 5.87. The molecule has 1 aromatic carbocycles. The molecule has 0 saturated carbocycles. The molecule has 1 unspecified atom stereocenters. The van der Waals surface area contributed by atoms with Crippen LogP contribution in [0.2, 0.25) is 0 Å². The third-order valence-corrected chi connectivity index (χ3v) is 3.36. The number of nitrogens with one attached hydrogen (secondary N) is 1. The van der Waals surface area contributed by atoms with Crippen molar-refractivity contribution in [1.82, 2.24) is 5.32 Å². The van der Waals surface area contributed by atoms with E-state index in [4.69, 9.17) is 0 Å². The van der Waals surface area contributed by atoms with E-state index in [1.165, 1.54) is 0 Å². The molecule has 0 fully saturated rings. The predicted octanol–water partition coefficient (Wildman–Crippen LogP) is 4.31. The molecule has 0 heterocycles. The van der Waals surface area contributed by atoms with Crippen molar-refractivity contribution in [3.63, 3.8) is 0 Å². The molecule has 0 aliphatic carbocycles. The monoisotopic (exact) mass is 323 g/mol. The molecule has 18 heavy (non-hydrogen) atoms. The van der Waals surface area contributed by atoms with Crippen LogP contribution in [-0.4, -0.2) is 18.8 Å². The Hall–Kier alpha value is -0.550. The van der Waals surface area contributed by atoms with Crippen LogP contribution >= 0.6 is 15.9 Å². The fraction of sp³-hybridized carbons (Fsp3) is 0.538. The second-order valence-corrected chi connectivity index (χ2v) is 5.12. The first-order chi connectivity index (χ1) is 8.42. The Morgan fingerprint density at radius 3 is 2.50 bits per heavy atom. The maximum atomic E-state index is 12.5. The second kappa shape index (κ2) is 7.14. The summed E-state index contributed by atoms with van der Waals surface area (Å²) in [4.78, 5) is 0. The Bertz CT molecular complexity index is 365. The summed E-state index contributed by atoms with van der Waals surface area (Å²) in [7, 11) is 0. The van der Waals surface area contributed by atoms with E-state index < -0.39 is 18.6 Å². The third-order valence-electron chi connectivity index (χ3n) is 2.59. The van der Waals surface area contributed by atoms with Crippen LogP contribution in [0.3, 0.4) is 0 Å². The predicted molar refractivity (Wildman–Crippen MR) is 70.6 cm³/mol. The smallest absolute Gasteiger partial charge is 0.313 e. The van der Waals surface area contributed by atoms with E-state index >= 15 is 0 Å². The van der Waals surface area contributed by atoms with Crippen LogP contribution in [0.1, 0.15) is 25.3 Å². The molecule has 5 heteroatoms. The minimum absolute atomic E-state index is 0.376. The second-order valence-electron chi connectivity index (χ2n) is 4.27. The van der Waals surface area contributed by atoms with Crippen LogP contribution in [-0.2, 0) is 6.42 Å². The number of halogens is 4. The first-order valence-corrected chi connectivity index (χ1v) is 6.75. The van der Waals surface area contributed by atoms with Crippen molar-refractivity contribution in [1.29, 1.82) is 0 Å². The zero-order valence-electron chi connectivity index (χ0n) is 10.2. The van der Waals surface area contributed by atoms with E-state index in [-0.39, 0.29) is 0 Å². The van der Waals surface area contributed by atoms with E-state index in [0.717, 1.165) is 16.5 Å². The largest absolute Gasteiger partial charge is 0.390 e. The number of benzene rings is 1. The summed E-state index contributed by atoms with van der Waals surface area (Å²) in [5.41, 5.74) is 0.898. The minimum atomic E-state index is -4.13. The summed E-state index contributed by atoms with van der Waals surface area (Å²) in [6, 6.07) is 6.82. The molecule has 1 N–H and O–H groups in total. The summed E-state index contributed by atoms with van der Waals surface area (Å²) in [6.45, 7) is 2.54. The van der Waals surface area contributed by atoms with Crippen molar-refractivity contribution in [2.45, 2.75) is 38.4 Å². The number of hydrogen-bond donors (Lipinski definition) is 1. The first kappa shape index (κ1) is 15.5. The van der Waals surface area contributed by atoms with Crippen molar-refractivity contribution in [2.75, 3.05) is 6.54 Å². The van der Waals surface area contributed by atoms with Crippen molar-refractivity contribution < 1.29 is 13.2 Å². The van der Waals surface area contributed by atoms with E-state index in [1.807, 2.05) is 31.2 Å². The van der Waals surface area contributed by atoms with Crippen molar-refractivity contribution in [3.8, 4) is 0 Å². The molecular formula is C13H17BrF3N. The Morgan fingerprint density at radius 2 is 1.94 bits per heavy atom. The Labute approximate surface area is 114 Å². The fourth-order valence-electron chi connectivity index (χ4n) is 1.77. The van der Waals surface area contributed by atoms with Gasteiger partial charge in [0.15, 0.2) is 0 Å². The van der Waals surface area contributed by atoms with Gasteiger partial charge in [0, 0.05) is 10.5 Å². The molecule has 0 saturated heterocycles. The summed E-state index contributed by atoms with van der Waals surface area (Å²) in [5, 5.41) is 2.96. The lowest BCUT2D eigenvalue weighted by atomic mass is 10.0. The van der Waals surface area contributed by atoms with Gasteiger partial charge >= 0.3 is 6.18 Å². The fourth-order valence-corrected chi connectivity index (χ4v) is 2.22. The van der Waals surface area contributed by atoms with Gasteiger partial charge < -0.3 is 5.32 Å². The van der Waals surface area contributed by atoms with Gasteiger partial charge in [-0.1, -0.05) is 41.1 Å². The average molecular weight is 324 g/mol. The highest BCUT2D eigenvalue weighted by molar-refractivity contribution is 9.10. The van der Waals surface area contributed by atoms with Gasteiger partial charge in [0.2, 0.25) is 0 Å². The molecule has 0 bridgehead atoms. The zero-order valence-corrected chi connectivity index (χ0v) is 11.8. The number of alkyl halides is 3. The highest BCUT2D eigenvalue weighted by Gasteiger charge is 2.31. The van der Waals surface area contributed by atoms with E-state index in [2.05, 4.69) is 21.2 Å². The van der Waals surface area contributed by atoms with Crippen LogP contribution < -0.4 is 5.32 Å². The highest BCUT2D eigenvalue weighted by Crippen LogP contribution is 2.25. The number of rotatable bonds is 6. The van der Waals surface area contributed by atoms with Gasteiger partial charge in [0.05, 0.1) is 6.42 Å². The normalized spacial score (nSPS) is 13.6. The van der Waals surface area contributed by atoms with Crippen LogP contribution in [0.15, 0.2) is 28.7 Å². The van der Waals surface area contributed by atoms with Gasteiger partial charge in [0.25, 0.3) is 0 Å². The Morgan fingerprint density at radius 1 is 1.28 bits per heavy atom. The zero-order chi connectivity index (χ0) is 13.6. The topological polar surface area (TPSA) is 12.0 Å². The summed E-state index contributed by atoms with van der Waals surface area (Å²) < 4.78 is 38.3. The Balaban J connectivity index is 2.69. The molecule has 0 amide bonds.